The van der Waals surface area contributed by atoms with E-state index in [1.165, 1.54) is 84.7 Å². The number of hydrogen-bond acceptors (Lipinski definition) is 0. The van der Waals surface area contributed by atoms with Crippen LogP contribution >= 0.6 is 0 Å². The average Bonchev–Trinajstić information content (AvgIpc) is 2.74. The van der Waals surface area contributed by atoms with E-state index in [1.54, 1.807) is 11.1 Å². The lowest BCUT2D eigenvalue weighted by Gasteiger charge is -2.30. The van der Waals surface area contributed by atoms with Gasteiger partial charge >= 0.3 is 0 Å². The zero-order valence-electron chi connectivity index (χ0n) is 20.3. The summed E-state index contributed by atoms with van der Waals surface area (Å²) in [5.74, 6) is 3.37. The Morgan fingerprint density at radius 2 is 0.800 bits per heavy atom. The van der Waals surface area contributed by atoms with Gasteiger partial charge in [-0.2, -0.15) is 0 Å². The molecule has 0 N–H and O–H groups in total. The number of rotatable bonds is 3. The summed E-state index contributed by atoms with van der Waals surface area (Å²) in [7, 11) is 0. The van der Waals surface area contributed by atoms with Crippen LogP contribution in [0.25, 0.3) is 11.1 Å². The van der Waals surface area contributed by atoms with E-state index < -0.39 is 0 Å². The Morgan fingerprint density at radius 3 is 1.13 bits per heavy atom. The van der Waals surface area contributed by atoms with Gasteiger partial charge in [0.05, 0.1) is 0 Å². The third-order valence-electron chi connectivity index (χ3n) is 8.86. The maximum atomic E-state index is 2.46. The molecule has 0 heteroatoms. The predicted molar refractivity (Wildman–Crippen MR) is 132 cm³/mol. The summed E-state index contributed by atoms with van der Waals surface area (Å²) < 4.78 is 0. The van der Waals surface area contributed by atoms with E-state index in [-0.39, 0.29) is 0 Å². The lowest BCUT2D eigenvalue weighted by Crippen LogP contribution is -2.13. The van der Waals surface area contributed by atoms with Crippen molar-refractivity contribution in [2.75, 3.05) is 0 Å². The Bertz CT molecular complexity index is 811. The molecule has 0 amide bonds. The van der Waals surface area contributed by atoms with Gasteiger partial charge in [-0.05, 0) is 122 Å². The van der Waals surface area contributed by atoms with Gasteiger partial charge in [0.2, 0.25) is 0 Å². The largest absolute Gasteiger partial charge is 0.0625 e. The van der Waals surface area contributed by atoms with Crippen molar-refractivity contribution in [3.8, 4) is 11.1 Å². The molecule has 2 saturated carbocycles. The smallest absolute Gasteiger partial charge is 0.0149 e. The monoisotopic (exact) mass is 402 g/mol. The zero-order valence-corrected chi connectivity index (χ0v) is 20.3. The predicted octanol–water partition coefficient (Wildman–Crippen LogP) is 9.17. The third kappa shape index (κ3) is 4.12. The Hall–Kier alpha value is -1.56. The fraction of sp³-hybridized carbons (Fsp3) is 0.600. The first-order valence-corrected chi connectivity index (χ1v) is 12.6. The summed E-state index contributed by atoms with van der Waals surface area (Å²) in [5, 5.41) is 0. The van der Waals surface area contributed by atoms with Gasteiger partial charge in [-0.15, -0.1) is 0 Å². The van der Waals surface area contributed by atoms with Gasteiger partial charge in [0, 0.05) is 0 Å². The van der Waals surface area contributed by atoms with E-state index in [2.05, 4.69) is 65.8 Å². The van der Waals surface area contributed by atoms with Crippen LogP contribution in [0, 0.1) is 39.5 Å². The molecule has 2 aromatic rings. The van der Waals surface area contributed by atoms with Crippen LogP contribution in [0.2, 0.25) is 0 Å². The highest BCUT2D eigenvalue weighted by atomic mass is 14.3. The molecule has 4 rings (SSSR count). The highest BCUT2D eigenvalue weighted by Crippen LogP contribution is 2.42. The van der Waals surface area contributed by atoms with Gasteiger partial charge in [-0.25, -0.2) is 0 Å². The second-order valence-corrected chi connectivity index (χ2v) is 10.8. The van der Waals surface area contributed by atoms with Crippen molar-refractivity contribution in [1.29, 1.82) is 0 Å². The minimum Gasteiger partial charge on any atom is -0.0625 e. The van der Waals surface area contributed by atoms with E-state index in [0.29, 0.717) is 0 Å². The van der Waals surface area contributed by atoms with Crippen LogP contribution in [0.3, 0.4) is 0 Å². The quantitative estimate of drug-likeness (QED) is 0.480. The number of hydrogen-bond donors (Lipinski definition) is 0. The summed E-state index contributed by atoms with van der Waals surface area (Å²) in [4.78, 5) is 0. The summed E-state index contributed by atoms with van der Waals surface area (Å²) in [5.41, 5.74) is 12.2. The van der Waals surface area contributed by atoms with E-state index in [4.69, 9.17) is 0 Å². The van der Waals surface area contributed by atoms with Gasteiger partial charge in [0.15, 0.2) is 0 Å². The summed E-state index contributed by atoms with van der Waals surface area (Å²) in [6.07, 6.45) is 11.0. The van der Waals surface area contributed by atoms with Crippen LogP contribution in [-0.4, -0.2) is 0 Å². The van der Waals surface area contributed by atoms with Crippen molar-refractivity contribution >= 4 is 0 Å². The maximum Gasteiger partial charge on any atom is -0.0149 e. The fourth-order valence-electron chi connectivity index (χ4n) is 6.29. The molecule has 0 aliphatic heterocycles. The molecule has 0 radical (unpaired) electrons. The van der Waals surface area contributed by atoms with E-state index in [9.17, 15) is 0 Å². The molecule has 0 aromatic heterocycles. The van der Waals surface area contributed by atoms with Gasteiger partial charge in [-0.3, -0.25) is 0 Å². The van der Waals surface area contributed by atoms with Crippen LogP contribution in [0.15, 0.2) is 24.3 Å². The standard InChI is InChI=1S/C30H42/c1-19-7-11-25(12-8-19)27-15-17-29(23(5)21(27)3)30-18-16-28(22(4)24(30)6)26-13-9-20(2)10-14-26/h15-20,25-26H,7-14H2,1-6H3. The molecule has 162 valence electrons. The Morgan fingerprint density at radius 1 is 0.467 bits per heavy atom. The average molecular weight is 403 g/mol. The molecule has 0 unspecified atom stereocenters. The molecule has 0 heterocycles. The second kappa shape index (κ2) is 8.89. The van der Waals surface area contributed by atoms with E-state index >= 15 is 0 Å². The van der Waals surface area contributed by atoms with Gasteiger partial charge < -0.3 is 0 Å². The maximum absolute atomic E-state index is 2.46. The van der Waals surface area contributed by atoms with Crippen LogP contribution in [0.1, 0.15) is 110 Å². The van der Waals surface area contributed by atoms with Crippen LogP contribution in [0.5, 0.6) is 0 Å². The molecule has 0 spiro atoms. The summed E-state index contributed by atoms with van der Waals surface area (Å²) in [6, 6.07) is 9.78. The second-order valence-electron chi connectivity index (χ2n) is 10.8. The van der Waals surface area contributed by atoms with Crippen molar-refractivity contribution in [2.24, 2.45) is 11.8 Å². The molecule has 2 aliphatic rings. The Kier molecular flexibility index (Phi) is 6.42. The lowest BCUT2D eigenvalue weighted by molar-refractivity contribution is 0.347. The first-order valence-electron chi connectivity index (χ1n) is 12.6. The molecule has 2 fully saturated rings. The SMILES string of the molecule is Cc1c(-c2ccc(C3CCC(C)CC3)c(C)c2C)ccc(C2CCC(C)CC2)c1C. The molecule has 30 heavy (non-hydrogen) atoms. The van der Waals surface area contributed by atoms with Crippen LogP contribution < -0.4 is 0 Å². The minimum absolute atomic E-state index is 0.771. The Labute approximate surface area is 185 Å². The molecule has 0 bridgehead atoms. The first-order chi connectivity index (χ1) is 14.4. The van der Waals surface area contributed by atoms with Crippen molar-refractivity contribution in [1.82, 2.24) is 0 Å². The van der Waals surface area contributed by atoms with Gasteiger partial charge in [0.1, 0.15) is 0 Å². The van der Waals surface area contributed by atoms with Crippen molar-refractivity contribution < 1.29 is 0 Å². The number of benzene rings is 2. The fourth-order valence-corrected chi connectivity index (χ4v) is 6.29. The highest BCUT2D eigenvalue weighted by Gasteiger charge is 2.24. The molecule has 2 aliphatic carbocycles. The van der Waals surface area contributed by atoms with Crippen molar-refractivity contribution in [2.45, 2.75) is 105 Å². The third-order valence-corrected chi connectivity index (χ3v) is 8.86. The molecule has 0 saturated heterocycles. The molecular formula is C30H42. The zero-order chi connectivity index (χ0) is 21.4. The molecule has 2 aromatic carbocycles. The van der Waals surface area contributed by atoms with E-state index in [1.807, 2.05) is 0 Å². The summed E-state index contributed by atoms with van der Waals surface area (Å²) >= 11 is 0. The van der Waals surface area contributed by atoms with Crippen LogP contribution in [-0.2, 0) is 0 Å². The Balaban J connectivity index is 1.64. The minimum atomic E-state index is 0.771. The highest BCUT2D eigenvalue weighted by molar-refractivity contribution is 5.74. The normalized spacial score (nSPS) is 27.3. The van der Waals surface area contributed by atoms with Gasteiger partial charge in [0.25, 0.3) is 0 Å². The molecular weight excluding hydrogens is 360 g/mol. The first kappa shape index (κ1) is 21.7. The lowest BCUT2D eigenvalue weighted by atomic mass is 9.75. The molecule has 0 atom stereocenters. The van der Waals surface area contributed by atoms with Crippen molar-refractivity contribution in [3.63, 3.8) is 0 Å². The van der Waals surface area contributed by atoms with Crippen LogP contribution in [0.4, 0.5) is 0 Å². The summed E-state index contributed by atoms with van der Waals surface area (Å²) in [6.45, 7) is 14.3. The van der Waals surface area contributed by atoms with Gasteiger partial charge in [-0.1, -0.05) is 63.8 Å². The molecule has 0 nitrogen and oxygen atoms in total. The van der Waals surface area contributed by atoms with Crippen molar-refractivity contribution in [3.05, 3.63) is 57.6 Å². The van der Waals surface area contributed by atoms with E-state index in [0.717, 1.165) is 23.7 Å². The topological polar surface area (TPSA) is 0 Å².